The van der Waals surface area contributed by atoms with Crippen LogP contribution < -0.4 is 31.2 Å². The Hall–Kier alpha value is -7.94. The van der Waals surface area contributed by atoms with E-state index in [1.807, 2.05) is 42.6 Å². The molecule has 0 saturated carbocycles. The molecule has 0 radical (unpaired) electrons. The molecule has 2 aliphatic rings. The summed E-state index contributed by atoms with van der Waals surface area (Å²) in [4.78, 5) is 4.20. The van der Waals surface area contributed by atoms with E-state index in [-0.39, 0.29) is 0 Å². The molecule has 0 N–H and O–H groups in total. The first kappa shape index (κ1) is 60.7. The molecule has 5 aromatic carbocycles. The summed E-state index contributed by atoms with van der Waals surface area (Å²) in [6.07, 6.45) is -49.3. The highest BCUT2D eigenvalue weighted by atomic mass is 19.4. The Morgan fingerprint density at radius 1 is 0.346 bits per heavy atom. The zero-order valence-electron chi connectivity index (χ0n) is 39.7. The average molecular weight is 1180 g/mol. The van der Waals surface area contributed by atoms with Gasteiger partial charge in [0.05, 0.1) is 50.7 Å². The van der Waals surface area contributed by atoms with Gasteiger partial charge < -0.3 is 4.74 Å². The van der Waals surface area contributed by atoms with Gasteiger partial charge in [-0.2, -0.15) is 132 Å². The summed E-state index contributed by atoms with van der Waals surface area (Å²) in [7, 11) is 0. The lowest BCUT2D eigenvalue weighted by atomic mass is 9.12. The Morgan fingerprint density at radius 3 is 0.889 bits per heavy atom. The van der Waals surface area contributed by atoms with Crippen molar-refractivity contribution in [2.24, 2.45) is 0 Å². The van der Waals surface area contributed by atoms with Gasteiger partial charge in [-0.3, -0.25) is 0 Å². The van der Waals surface area contributed by atoms with E-state index in [9.17, 15) is 105 Å². The number of halogens is 24. The fourth-order valence-electron chi connectivity index (χ4n) is 8.81. The predicted octanol–water partition coefficient (Wildman–Crippen LogP) is 15.5. The van der Waals surface area contributed by atoms with E-state index in [2.05, 4.69) is 45.9 Å². The Kier molecular flexibility index (Phi) is 16.1. The van der Waals surface area contributed by atoms with Crippen LogP contribution in [0, 0.1) is 0 Å². The quantitative estimate of drug-likeness (QED) is 0.0861. The Bertz CT molecular complexity index is 3030. The van der Waals surface area contributed by atoms with Crippen molar-refractivity contribution in [2.75, 3.05) is 0 Å². The zero-order chi connectivity index (χ0) is 60.1. The van der Waals surface area contributed by atoms with E-state index < -0.39 is 195 Å². The summed E-state index contributed by atoms with van der Waals surface area (Å²) in [5.74, 6) is 1.55. The number of fused-ring (bicyclic) bond motifs is 1. The zero-order valence-corrected chi connectivity index (χ0v) is 39.7. The summed E-state index contributed by atoms with van der Waals surface area (Å²) in [6, 6.07) is 15.9. The van der Waals surface area contributed by atoms with Crippen LogP contribution in [0.5, 0.6) is 11.6 Å². The van der Waals surface area contributed by atoms with Crippen LogP contribution in [0.1, 0.15) is 50.1 Å². The van der Waals surface area contributed by atoms with Crippen LogP contribution in [0.4, 0.5) is 105 Å². The number of hydrogen-bond acceptors (Lipinski definition) is 2. The van der Waals surface area contributed by atoms with Gasteiger partial charge in [-0.15, -0.1) is 0 Å². The second-order valence-corrected chi connectivity index (χ2v) is 17.9. The van der Waals surface area contributed by atoms with Crippen LogP contribution in [0.3, 0.4) is 0 Å². The van der Waals surface area contributed by atoms with Gasteiger partial charge in [0.1, 0.15) is 18.1 Å². The summed E-state index contributed by atoms with van der Waals surface area (Å²) >= 11 is 0. The molecule has 0 fully saturated rings. The second-order valence-electron chi connectivity index (χ2n) is 17.9. The van der Waals surface area contributed by atoms with Crippen molar-refractivity contribution >= 4 is 28.0 Å². The van der Waals surface area contributed by atoms with E-state index in [1.165, 1.54) is 5.56 Å². The highest BCUT2D eigenvalue weighted by Gasteiger charge is 2.47. The molecule has 0 aliphatic heterocycles. The Labute approximate surface area is 439 Å². The standard InChI is InChI=1S/C32H12BF24.C21H17N2O/c34-25(35,36)13-1-14(26(37,38)39)6-21(5-13)33(22-7-15(27(40,41)42)2-16(8-22)28(43,44)45,23-9-17(29(46,47)48)3-18(10-23)30(49,50)51)24-11-19(31(52,53)54)4-20(12-24)32(55,56)57;1-3-7-17(8-4-1)16-23-12-11-22-15-21(23)24-20-13-18-9-5-2-6-10-19(18)14-20/h1-12H;1-15H,16H2/q-1;+1. The van der Waals surface area contributed by atoms with E-state index in [0.717, 1.165) is 29.3 Å². The number of rotatable bonds is 8. The molecular weight excluding hydrogens is 1150 g/mol. The molecule has 0 unspecified atom stereocenters. The molecule has 81 heavy (non-hydrogen) atoms. The van der Waals surface area contributed by atoms with Crippen molar-refractivity contribution in [3.8, 4) is 22.8 Å². The van der Waals surface area contributed by atoms with Gasteiger partial charge in [0.15, 0.2) is 12.7 Å². The second kappa shape index (κ2) is 21.5. The van der Waals surface area contributed by atoms with Gasteiger partial charge in [-0.1, -0.05) is 109 Å². The van der Waals surface area contributed by atoms with Crippen molar-refractivity contribution in [3.05, 3.63) is 214 Å². The third kappa shape index (κ3) is 14.0. The normalized spacial score (nSPS) is 13.2. The number of nitrogens with zero attached hydrogens (tertiary/aromatic N) is 2. The molecule has 2 aliphatic carbocycles. The van der Waals surface area contributed by atoms with Gasteiger partial charge in [0.25, 0.3) is 0 Å². The first-order valence-corrected chi connectivity index (χ1v) is 22.5. The van der Waals surface area contributed by atoms with Crippen LogP contribution in [-0.4, -0.2) is 11.1 Å². The lowest BCUT2D eigenvalue weighted by Gasteiger charge is -2.46. The van der Waals surface area contributed by atoms with E-state index in [0.29, 0.717) is 0 Å². The molecule has 6 aromatic rings. The average Bonchev–Trinajstić information content (AvgIpc) is 3.63. The smallest absolute Gasteiger partial charge is 0.404 e. The third-order valence-electron chi connectivity index (χ3n) is 12.4. The van der Waals surface area contributed by atoms with Crippen molar-refractivity contribution in [2.45, 2.75) is 56.0 Å². The molecule has 1 heterocycles. The van der Waals surface area contributed by atoms with Gasteiger partial charge in [0.2, 0.25) is 0 Å². The molecule has 3 nitrogen and oxygen atoms in total. The van der Waals surface area contributed by atoms with Crippen LogP contribution >= 0.6 is 0 Å². The van der Waals surface area contributed by atoms with Crippen molar-refractivity contribution in [3.63, 3.8) is 0 Å². The Balaban J connectivity index is 0.000000323. The predicted molar refractivity (Wildman–Crippen MR) is 243 cm³/mol. The SMILES string of the molecule is FC(F)(F)c1cc([B-](c2cc(C(F)(F)F)cc(C(F)(F)F)c2)(c2cc(C(F)(F)F)cc(C(F)(F)F)c2)c2cc(C(F)(F)F)cc(C(F)(F)F)c2)cc(C(F)(F)F)c1.c1ccc(C[n+]2ccncc2Oc2cc3cccccc-3c2)cc1. The topological polar surface area (TPSA) is 26.0 Å². The fraction of sp³-hybridized carbons (Fsp3) is 0.170. The summed E-state index contributed by atoms with van der Waals surface area (Å²) in [6.45, 7) is 0.744. The maximum Gasteiger partial charge on any atom is 0.416 e. The minimum absolute atomic E-state index is 0.691. The van der Waals surface area contributed by atoms with Gasteiger partial charge in [0, 0.05) is 5.56 Å². The highest BCUT2D eigenvalue weighted by molar-refractivity contribution is 7.20. The lowest BCUT2D eigenvalue weighted by molar-refractivity contribution is -0.692. The van der Waals surface area contributed by atoms with E-state index in [4.69, 9.17) is 4.74 Å². The van der Waals surface area contributed by atoms with Crippen LogP contribution in [0.25, 0.3) is 11.1 Å². The minimum atomic E-state index is -6.13. The van der Waals surface area contributed by atoms with Gasteiger partial charge in [-0.05, 0) is 47.5 Å². The van der Waals surface area contributed by atoms with Crippen LogP contribution in [0.2, 0.25) is 0 Å². The first-order chi connectivity index (χ1) is 37.1. The van der Waals surface area contributed by atoms with Crippen molar-refractivity contribution in [1.82, 2.24) is 4.98 Å². The monoisotopic (exact) mass is 1180 g/mol. The lowest BCUT2D eigenvalue weighted by Crippen LogP contribution is -2.75. The molecule has 428 valence electrons. The fourth-order valence-corrected chi connectivity index (χ4v) is 8.81. The van der Waals surface area contributed by atoms with Crippen molar-refractivity contribution in [1.29, 1.82) is 0 Å². The van der Waals surface area contributed by atoms with Crippen molar-refractivity contribution < 1.29 is 115 Å². The number of hydrogen-bond donors (Lipinski definition) is 0. The summed E-state index contributed by atoms with van der Waals surface area (Å²) < 4.78 is 349. The third-order valence-corrected chi connectivity index (χ3v) is 12.4. The summed E-state index contributed by atoms with van der Waals surface area (Å²) in [5.41, 5.74) is -26.7. The molecule has 0 atom stereocenters. The maximum atomic E-state index is 14.2. The van der Waals surface area contributed by atoms with Crippen LogP contribution in [0.15, 0.2) is 164 Å². The number of alkyl halides is 24. The van der Waals surface area contributed by atoms with Crippen LogP contribution in [-0.2, 0) is 56.0 Å². The Morgan fingerprint density at radius 2 is 0.617 bits per heavy atom. The molecule has 0 spiro atoms. The number of aromatic nitrogens is 2. The summed E-state index contributed by atoms with van der Waals surface area (Å²) in [5, 5.41) is 0. The van der Waals surface area contributed by atoms with E-state index in [1.54, 1.807) is 12.4 Å². The molecule has 1 aromatic heterocycles. The molecule has 8 rings (SSSR count). The highest BCUT2D eigenvalue weighted by Crippen LogP contribution is 2.42. The molecule has 28 heteroatoms. The molecule has 0 bridgehead atoms. The number of ether oxygens (including phenoxy) is 1. The molecule has 0 saturated heterocycles. The molecular formula is C53H29BF24N2O. The largest absolute Gasteiger partial charge is 0.416 e. The first-order valence-electron chi connectivity index (χ1n) is 22.5. The van der Waals surface area contributed by atoms with Gasteiger partial charge in [-0.25, -0.2) is 4.98 Å². The van der Waals surface area contributed by atoms with Gasteiger partial charge >= 0.3 is 55.3 Å². The van der Waals surface area contributed by atoms with E-state index >= 15 is 0 Å². The number of benzene rings is 5. The molecule has 0 amide bonds. The minimum Gasteiger partial charge on any atom is -0.404 e. The maximum absolute atomic E-state index is 14.2.